The van der Waals surface area contributed by atoms with Gasteiger partial charge in [0.1, 0.15) is 11.5 Å². The molecule has 2 aliphatic heterocycles. The number of hydrogen-bond donors (Lipinski definition) is 1. The summed E-state index contributed by atoms with van der Waals surface area (Å²) < 4.78 is 11.5. The second-order valence-electron chi connectivity index (χ2n) is 7.71. The first-order chi connectivity index (χ1) is 13.7. The Morgan fingerprint density at radius 1 is 1.11 bits per heavy atom. The second-order valence-corrected chi connectivity index (χ2v) is 7.71. The summed E-state index contributed by atoms with van der Waals surface area (Å²) in [4.78, 5) is 14.4. The van der Waals surface area contributed by atoms with Crippen LogP contribution in [0.1, 0.15) is 40.7 Å². The number of nitrogens with one attached hydrogen (secondary N) is 1. The van der Waals surface area contributed by atoms with Gasteiger partial charge in [0.2, 0.25) is 0 Å². The molecule has 2 atom stereocenters. The highest BCUT2D eigenvalue weighted by Gasteiger charge is 2.34. The highest BCUT2D eigenvalue weighted by molar-refractivity contribution is 5.98. The molecule has 148 valence electrons. The standard InChI is InChI=1S/C23H28N2O3/c1-3-10-25-13-18(22(14-25)16-4-7-19(27-2)8-5-16)15-28-20-9-6-17-12-24-23(26)21(17)11-20/h4-9,11,18,22H,3,10,12-15H2,1-2H3,(H,24,26)/t18-,22-/m0/s1. The van der Waals surface area contributed by atoms with Gasteiger partial charge in [0.25, 0.3) is 5.91 Å². The van der Waals surface area contributed by atoms with Crippen LogP contribution in [0.4, 0.5) is 0 Å². The minimum Gasteiger partial charge on any atom is -0.497 e. The van der Waals surface area contributed by atoms with Crippen LogP contribution in [0, 0.1) is 5.92 Å². The summed E-state index contributed by atoms with van der Waals surface area (Å²) in [5, 5.41) is 2.86. The lowest BCUT2D eigenvalue weighted by Gasteiger charge is -2.20. The summed E-state index contributed by atoms with van der Waals surface area (Å²) in [5.41, 5.74) is 3.12. The fourth-order valence-corrected chi connectivity index (χ4v) is 4.34. The second kappa shape index (κ2) is 8.23. The number of amides is 1. The van der Waals surface area contributed by atoms with Crippen molar-refractivity contribution in [2.75, 3.05) is 33.4 Å². The van der Waals surface area contributed by atoms with Gasteiger partial charge in [-0.3, -0.25) is 4.79 Å². The number of rotatable bonds is 7. The van der Waals surface area contributed by atoms with Gasteiger partial charge < -0.3 is 19.7 Å². The number of ether oxygens (including phenoxy) is 2. The van der Waals surface area contributed by atoms with Crippen LogP contribution in [-0.2, 0) is 6.54 Å². The van der Waals surface area contributed by atoms with Crippen LogP contribution < -0.4 is 14.8 Å². The van der Waals surface area contributed by atoms with Crippen LogP contribution in [-0.4, -0.2) is 44.2 Å². The molecule has 0 aromatic heterocycles. The van der Waals surface area contributed by atoms with Crippen LogP contribution in [0.2, 0.25) is 0 Å². The lowest BCUT2D eigenvalue weighted by atomic mass is 9.89. The van der Waals surface area contributed by atoms with E-state index in [1.165, 1.54) is 5.56 Å². The summed E-state index contributed by atoms with van der Waals surface area (Å²) in [5.74, 6) is 2.51. The third-order valence-electron chi connectivity index (χ3n) is 5.83. The maximum Gasteiger partial charge on any atom is 0.252 e. The molecule has 1 saturated heterocycles. The predicted octanol–water partition coefficient (Wildman–Crippen LogP) is 3.44. The average molecular weight is 380 g/mol. The minimum absolute atomic E-state index is 0.00783. The van der Waals surface area contributed by atoms with E-state index in [2.05, 4.69) is 29.3 Å². The van der Waals surface area contributed by atoms with Crippen LogP contribution in [0.15, 0.2) is 42.5 Å². The largest absolute Gasteiger partial charge is 0.497 e. The zero-order valence-corrected chi connectivity index (χ0v) is 16.6. The Labute approximate surface area is 166 Å². The van der Waals surface area contributed by atoms with Gasteiger partial charge in [0, 0.05) is 37.0 Å². The normalized spacial score (nSPS) is 21.4. The summed E-state index contributed by atoms with van der Waals surface area (Å²) in [7, 11) is 1.70. The zero-order chi connectivity index (χ0) is 19.5. The molecule has 1 amide bonds. The maximum atomic E-state index is 11.9. The number of likely N-dealkylation sites (tertiary alicyclic amines) is 1. The Bertz CT molecular complexity index is 834. The first kappa shape index (κ1) is 18.8. The van der Waals surface area contributed by atoms with Crippen molar-refractivity contribution in [1.82, 2.24) is 10.2 Å². The van der Waals surface area contributed by atoms with Gasteiger partial charge in [-0.2, -0.15) is 0 Å². The van der Waals surface area contributed by atoms with E-state index < -0.39 is 0 Å². The Balaban J connectivity index is 1.47. The van der Waals surface area contributed by atoms with Crippen molar-refractivity contribution in [2.45, 2.75) is 25.8 Å². The van der Waals surface area contributed by atoms with Gasteiger partial charge in [-0.25, -0.2) is 0 Å². The molecular weight excluding hydrogens is 352 g/mol. The lowest BCUT2D eigenvalue weighted by Crippen LogP contribution is -2.23. The van der Waals surface area contributed by atoms with E-state index in [9.17, 15) is 4.79 Å². The molecular formula is C23H28N2O3. The highest BCUT2D eigenvalue weighted by atomic mass is 16.5. The number of hydrogen-bond acceptors (Lipinski definition) is 4. The van der Waals surface area contributed by atoms with Gasteiger partial charge in [-0.15, -0.1) is 0 Å². The number of carbonyl (C=O) groups is 1. The fourth-order valence-electron chi connectivity index (χ4n) is 4.34. The molecule has 0 aliphatic carbocycles. The topological polar surface area (TPSA) is 50.8 Å². The van der Waals surface area contributed by atoms with Crippen LogP contribution in [0.25, 0.3) is 0 Å². The van der Waals surface area contributed by atoms with Gasteiger partial charge in [0.05, 0.1) is 13.7 Å². The lowest BCUT2D eigenvalue weighted by molar-refractivity contribution is 0.0965. The van der Waals surface area contributed by atoms with Crippen molar-refractivity contribution in [1.29, 1.82) is 0 Å². The molecule has 28 heavy (non-hydrogen) atoms. The van der Waals surface area contributed by atoms with E-state index in [0.29, 0.717) is 25.0 Å². The number of benzene rings is 2. The summed E-state index contributed by atoms with van der Waals surface area (Å²) >= 11 is 0. The van der Waals surface area contributed by atoms with Gasteiger partial charge in [-0.05, 0) is 48.4 Å². The molecule has 2 aromatic rings. The van der Waals surface area contributed by atoms with E-state index in [1.54, 1.807) is 7.11 Å². The van der Waals surface area contributed by atoms with Crippen LogP contribution >= 0.6 is 0 Å². The monoisotopic (exact) mass is 380 g/mol. The SMILES string of the molecule is CCCN1C[C@@H](COc2ccc3c(c2)C(=O)NC3)[C@H](c2ccc(OC)cc2)C1. The van der Waals surface area contributed by atoms with Crippen LogP contribution in [0.3, 0.4) is 0 Å². The predicted molar refractivity (Wildman–Crippen MR) is 109 cm³/mol. The number of nitrogens with zero attached hydrogens (tertiary/aromatic N) is 1. The van der Waals surface area contributed by atoms with Gasteiger partial charge in [0.15, 0.2) is 0 Å². The number of fused-ring (bicyclic) bond motifs is 1. The summed E-state index contributed by atoms with van der Waals surface area (Å²) in [6.07, 6.45) is 1.16. The Morgan fingerprint density at radius 2 is 1.89 bits per heavy atom. The zero-order valence-electron chi connectivity index (χ0n) is 16.6. The van der Waals surface area contributed by atoms with Gasteiger partial charge in [-0.1, -0.05) is 25.1 Å². The Morgan fingerprint density at radius 3 is 2.64 bits per heavy atom. The summed E-state index contributed by atoms with van der Waals surface area (Å²) in [6, 6.07) is 14.3. The van der Waals surface area contributed by atoms with Crippen molar-refractivity contribution in [3.63, 3.8) is 0 Å². The molecule has 0 radical (unpaired) electrons. The smallest absolute Gasteiger partial charge is 0.252 e. The number of methoxy groups -OCH3 is 1. The highest BCUT2D eigenvalue weighted by Crippen LogP contribution is 2.34. The molecule has 2 aliphatic rings. The van der Waals surface area contributed by atoms with Crippen molar-refractivity contribution in [3.8, 4) is 11.5 Å². The van der Waals surface area contributed by atoms with Crippen molar-refractivity contribution >= 4 is 5.91 Å². The average Bonchev–Trinajstić information content (AvgIpc) is 3.30. The molecule has 5 heteroatoms. The third-order valence-corrected chi connectivity index (χ3v) is 5.83. The van der Waals surface area contributed by atoms with Crippen molar-refractivity contribution in [2.24, 2.45) is 5.92 Å². The quantitative estimate of drug-likeness (QED) is 0.799. The van der Waals surface area contributed by atoms with E-state index in [-0.39, 0.29) is 5.91 Å². The molecule has 5 nitrogen and oxygen atoms in total. The molecule has 2 aromatic carbocycles. The molecule has 0 saturated carbocycles. The van der Waals surface area contributed by atoms with Crippen molar-refractivity contribution in [3.05, 3.63) is 59.2 Å². The summed E-state index contributed by atoms with van der Waals surface area (Å²) in [6.45, 7) is 6.70. The van der Waals surface area contributed by atoms with E-state index in [4.69, 9.17) is 9.47 Å². The molecule has 4 rings (SSSR count). The molecule has 2 heterocycles. The van der Waals surface area contributed by atoms with Gasteiger partial charge >= 0.3 is 0 Å². The van der Waals surface area contributed by atoms with Crippen LogP contribution in [0.5, 0.6) is 11.5 Å². The molecule has 1 N–H and O–H groups in total. The first-order valence-electron chi connectivity index (χ1n) is 10.1. The van der Waals surface area contributed by atoms with E-state index in [0.717, 1.165) is 48.7 Å². The maximum absolute atomic E-state index is 11.9. The molecule has 0 unspecified atom stereocenters. The fraction of sp³-hybridized carbons (Fsp3) is 0.435. The van der Waals surface area contributed by atoms with E-state index in [1.807, 2.05) is 30.3 Å². The van der Waals surface area contributed by atoms with Crippen molar-refractivity contribution < 1.29 is 14.3 Å². The molecule has 0 spiro atoms. The first-order valence-corrected chi connectivity index (χ1v) is 10.1. The molecule has 0 bridgehead atoms. The Kier molecular flexibility index (Phi) is 5.53. The number of carbonyl (C=O) groups excluding carboxylic acids is 1. The molecule has 1 fully saturated rings. The van der Waals surface area contributed by atoms with E-state index >= 15 is 0 Å². The minimum atomic E-state index is -0.00783. The Hall–Kier alpha value is -2.53. The third kappa shape index (κ3) is 3.85.